The molecule has 4 heteroatoms. The summed E-state index contributed by atoms with van der Waals surface area (Å²) in [5.41, 5.74) is 5.10. The van der Waals surface area contributed by atoms with Gasteiger partial charge in [0.25, 0.3) is 0 Å². The van der Waals surface area contributed by atoms with Gasteiger partial charge in [0.1, 0.15) is 0 Å². The van der Waals surface area contributed by atoms with Crippen LogP contribution >= 0.6 is 15.9 Å². The molecule has 0 amide bonds. The van der Waals surface area contributed by atoms with Gasteiger partial charge in [-0.3, -0.25) is 9.69 Å². The zero-order valence-corrected chi connectivity index (χ0v) is 16.3. The van der Waals surface area contributed by atoms with Crippen molar-refractivity contribution in [2.24, 2.45) is 5.92 Å². The minimum atomic E-state index is -0.661. The molecule has 3 nitrogen and oxygen atoms in total. The Kier molecular flexibility index (Phi) is 5.60. The molecule has 25 heavy (non-hydrogen) atoms. The summed E-state index contributed by atoms with van der Waals surface area (Å²) in [6.07, 6.45) is 1.43. The van der Waals surface area contributed by atoms with Crippen LogP contribution < -0.4 is 0 Å². The maximum atomic E-state index is 11.3. The molecular weight excluding hydrogens is 378 g/mol. The highest BCUT2D eigenvalue weighted by Gasteiger charge is 2.30. The van der Waals surface area contributed by atoms with Crippen molar-refractivity contribution in [1.29, 1.82) is 0 Å². The second kappa shape index (κ2) is 7.71. The number of halogens is 1. The van der Waals surface area contributed by atoms with E-state index in [9.17, 15) is 9.90 Å². The molecule has 1 atom stereocenters. The molecule has 0 bridgehead atoms. The number of carboxylic acid groups (broad SMARTS) is 1. The molecule has 0 aliphatic carbocycles. The van der Waals surface area contributed by atoms with E-state index >= 15 is 0 Å². The summed E-state index contributed by atoms with van der Waals surface area (Å²) < 4.78 is 1.07. The van der Waals surface area contributed by atoms with Crippen molar-refractivity contribution in [3.63, 3.8) is 0 Å². The second-order valence-corrected chi connectivity index (χ2v) is 7.88. The molecule has 132 valence electrons. The molecule has 0 saturated carbocycles. The quantitative estimate of drug-likeness (QED) is 0.787. The largest absolute Gasteiger partial charge is 0.481 e. The van der Waals surface area contributed by atoms with Crippen molar-refractivity contribution in [3.8, 4) is 0 Å². The lowest BCUT2D eigenvalue weighted by atomic mass is 9.89. The lowest BCUT2D eigenvalue weighted by Crippen LogP contribution is -2.39. The van der Waals surface area contributed by atoms with Crippen LogP contribution in [0, 0.1) is 19.8 Å². The van der Waals surface area contributed by atoms with Crippen LogP contribution in [0.2, 0.25) is 0 Å². The minimum absolute atomic E-state index is 0.169. The molecule has 0 spiro atoms. The maximum absolute atomic E-state index is 11.3. The van der Waals surface area contributed by atoms with Crippen LogP contribution in [0.1, 0.15) is 41.1 Å². The summed E-state index contributed by atoms with van der Waals surface area (Å²) in [7, 11) is 0. The molecule has 1 unspecified atom stereocenters. The van der Waals surface area contributed by atoms with E-state index in [1.165, 1.54) is 22.3 Å². The number of aliphatic carboxylic acids is 1. The Morgan fingerprint density at radius 3 is 2.36 bits per heavy atom. The third-order valence-electron chi connectivity index (χ3n) is 5.16. The molecular formula is C21H24BrNO2. The Balaban J connectivity index is 1.96. The first-order valence-electron chi connectivity index (χ1n) is 8.75. The molecule has 3 rings (SSSR count). The summed E-state index contributed by atoms with van der Waals surface area (Å²) >= 11 is 3.52. The van der Waals surface area contributed by atoms with Gasteiger partial charge in [0, 0.05) is 4.47 Å². The van der Waals surface area contributed by atoms with Crippen LogP contribution in [-0.4, -0.2) is 29.1 Å². The third-order valence-corrected chi connectivity index (χ3v) is 5.69. The molecule has 1 aliphatic rings. The van der Waals surface area contributed by atoms with Gasteiger partial charge >= 0.3 is 5.97 Å². The summed E-state index contributed by atoms with van der Waals surface area (Å²) in [6.45, 7) is 5.90. The molecule has 0 aromatic heterocycles. The van der Waals surface area contributed by atoms with Crippen LogP contribution in [0.3, 0.4) is 0 Å². The normalized spacial score (nSPS) is 17.4. The predicted octanol–water partition coefficient (Wildman–Crippen LogP) is 4.95. The van der Waals surface area contributed by atoms with Crippen molar-refractivity contribution in [1.82, 2.24) is 4.90 Å². The van der Waals surface area contributed by atoms with Crippen molar-refractivity contribution < 1.29 is 9.90 Å². The maximum Gasteiger partial charge on any atom is 0.306 e. The average Bonchev–Trinajstić information content (AvgIpc) is 2.60. The van der Waals surface area contributed by atoms with Gasteiger partial charge in [-0.1, -0.05) is 51.8 Å². The summed E-state index contributed by atoms with van der Waals surface area (Å²) in [6, 6.07) is 15.3. The number of nitrogens with zero attached hydrogens (tertiary/aromatic N) is 1. The van der Waals surface area contributed by atoms with E-state index in [1.807, 2.05) is 0 Å². The molecule has 1 saturated heterocycles. The predicted molar refractivity (Wildman–Crippen MR) is 104 cm³/mol. The van der Waals surface area contributed by atoms with Crippen LogP contribution in [-0.2, 0) is 4.79 Å². The molecule has 2 aromatic rings. The van der Waals surface area contributed by atoms with E-state index in [1.54, 1.807) is 0 Å². The Morgan fingerprint density at radius 2 is 1.76 bits per heavy atom. The average molecular weight is 402 g/mol. The van der Waals surface area contributed by atoms with Gasteiger partial charge in [0.05, 0.1) is 12.0 Å². The lowest BCUT2D eigenvalue weighted by Gasteiger charge is -2.38. The Labute approximate surface area is 157 Å². The minimum Gasteiger partial charge on any atom is -0.481 e. The van der Waals surface area contributed by atoms with Crippen LogP contribution in [0.15, 0.2) is 46.9 Å². The molecule has 1 N–H and O–H groups in total. The van der Waals surface area contributed by atoms with Gasteiger partial charge in [-0.15, -0.1) is 0 Å². The van der Waals surface area contributed by atoms with E-state index in [0.29, 0.717) is 12.8 Å². The van der Waals surface area contributed by atoms with Gasteiger partial charge in [-0.05, 0) is 68.6 Å². The van der Waals surface area contributed by atoms with E-state index in [-0.39, 0.29) is 12.0 Å². The first kappa shape index (κ1) is 18.2. The van der Waals surface area contributed by atoms with Gasteiger partial charge in [0.15, 0.2) is 0 Å². The van der Waals surface area contributed by atoms with Crippen LogP contribution in [0.5, 0.6) is 0 Å². The number of hydrogen-bond acceptors (Lipinski definition) is 2. The van der Waals surface area contributed by atoms with E-state index in [0.717, 1.165) is 17.6 Å². The number of rotatable bonds is 4. The van der Waals surface area contributed by atoms with Gasteiger partial charge in [0.2, 0.25) is 0 Å². The Bertz CT molecular complexity index is 749. The second-order valence-electron chi connectivity index (χ2n) is 6.96. The van der Waals surface area contributed by atoms with Crippen molar-refractivity contribution in [2.75, 3.05) is 13.1 Å². The Hall–Kier alpha value is -1.65. The zero-order valence-electron chi connectivity index (χ0n) is 14.7. The first-order valence-corrected chi connectivity index (χ1v) is 9.54. The zero-order chi connectivity index (χ0) is 18.0. The van der Waals surface area contributed by atoms with Crippen molar-refractivity contribution in [3.05, 3.63) is 69.2 Å². The monoisotopic (exact) mass is 401 g/mol. The number of piperidine rings is 1. The van der Waals surface area contributed by atoms with Gasteiger partial charge in [-0.25, -0.2) is 0 Å². The topological polar surface area (TPSA) is 40.5 Å². The third kappa shape index (κ3) is 4.13. The number of likely N-dealkylation sites (tertiary alicyclic amines) is 1. The van der Waals surface area contributed by atoms with Crippen molar-refractivity contribution >= 4 is 21.9 Å². The number of carbonyl (C=O) groups is 1. The molecule has 2 aromatic carbocycles. The number of carboxylic acids is 1. The highest BCUT2D eigenvalue weighted by Crippen LogP contribution is 2.35. The van der Waals surface area contributed by atoms with Crippen molar-refractivity contribution in [2.45, 2.75) is 32.7 Å². The van der Waals surface area contributed by atoms with Crippen LogP contribution in [0.25, 0.3) is 0 Å². The SMILES string of the molecule is Cc1ccc(C)c(C(c2ccc(Br)cc2)N2CCC(C(=O)O)CC2)c1. The van der Waals surface area contributed by atoms with Gasteiger partial charge < -0.3 is 5.11 Å². The number of aryl methyl sites for hydroxylation is 2. The number of benzene rings is 2. The smallest absolute Gasteiger partial charge is 0.306 e. The highest BCUT2D eigenvalue weighted by molar-refractivity contribution is 9.10. The summed E-state index contributed by atoms with van der Waals surface area (Å²) in [5.74, 6) is -0.869. The lowest BCUT2D eigenvalue weighted by molar-refractivity contribution is -0.143. The Morgan fingerprint density at radius 1 is 1.12 bits per heavy atom. The first-order chi connectivity index (χ1) is 12.0. The van der Waals surface area contributed by atoms with E-state index in [2.05, 4.69) is 77.1 Å². The highest BCUT2D eigenvalue weighted by atomic mass is 79.9. The molecule has 0 radical (unpaired) electrons. The summed E-state index contributed by atoms with van der Waals surface area (Å²) in [5, 5.41) is 9.28. The van der Waals surface area contributed by atoms with Crippen LogP contribution in [0.4, 0.5) is 0 Å². The molecule has 1 fully saturated rings. The van der Waals surface area contributed by atoms with Gasteiger partial charge in [-0.2, -0.15) is 0 Å². The fourth-order valence-corrected chi connectivity index (χ4v) is 3.96. The van der Waals surface area contributed by atoms with E-state index in [4.69, 9.17) is 0 Å². The fraction of sp³-hybridized carbons (Fsp3) is 0.381. The standard InChI is InChI=1S/C21H24BrNO2/c1-14-3-4-15(2)19(13-14)20(16-5-7-18(22)8-6-16)23-11-9-17(10-12-23)21(24)25/h3-8,13,17,20H,9-12H2,1-2H3,(H,24,25). The van der Waals surface area contributed by atoms with E-state index < -0.39 is 5.97 Å². The molecule has 1 aliphatic heterocycles. The number of hydrogen-bond donors (Lipinski definition) is 1. The molecule has 1 heterocycles. The summed E-state index contributed by atoms with van der Waals surface area (Å²) in [4.78, 5) is 13.7. The fourth-order valence-electron chi connectivity index (χ4n) is 3.69.